The third-order valence-corrected chi connectivity index (χ3v) is 6.97. The van der Waals surface area contributed by atoms with Gasteiger partial charge in [0.2, 0.25) is 5.91 Å². The Kier molecular flexibility index (Phi) is 7.30. The Morgan fingerprint density at radius 2 is 1.84 bits per heavy atom. The van der Waals surface area contributed by atoms with E-state index in [4.69, 9.17) is 4.42 Å². The molecule has 0 radical (unpaired) electrons. The van der Waals surface area contributed by atoms with Crippen molar-refractivity contribution in [3.05, 3.63) is 86.0 Å². The molecule has 1 saturated heterocycles. The normalized spacial score (nSPS) is 14.6. The summed E-state index contributed by atoms with van der Waals surface area (Å²) in [5.74, 6) is -0.0373. The molecule has 0 aliphatic carbocycles. The average molecular weight is 520 g/mol. The Balaban J connectivity index is 1.46. The van der Waals surface area contributed by atoms with Crippen LogP contribution in [0.5, 0.6) is 0 Å². The fourth-order valence-corrected chi connectivity index (χ4v) is 4.64. The summed E-state index contributed by atoms with van der Waals surface area (Å²) >= 11 is 0.715. The highest BCUT2D eigenvalue weighted by Gasteiger charge is 2.36. The zero-order valence-electron chi connectivity index (χ0n) is 20.7. The summed E-state index contributed by atoms with van der Waals surface area (Å²) in [6, 6.07) is 13.9. The maximum atomic E-state index is 12.8. The SMILES string of the molecule is Cc1cc(-c2ccc(/C=C3/SC(=O)N(CC(=O)Nc4ccc(C(C)C)cc4)C3=O)o2)cc([N+](=O)[O-])c1C. The van der Waals surface area contributed by atoms with Crippen molar-refractivity contribution < 1.29 is 23.7 Å². The van der Waals surface area contributed by atoms with Crippen LogP contribution in [0.1, 0.15) is 42.2 Å². The summed E-state index contributed by atoms with van der Waals surface area (Å²) < 4.78 is 5.79. The molecule has 0 atom stereocenters. The van der Waals surface area contributed by atoms with Crippen molar-refractivity contribution in [1.29, 1.82) is 0 Å². The second kappa shape index (κ2) is 10.4. The molecule has 2 aromatic carbocycles. The molecule has 9 nitrogen and oxygen atoms in total. The highest BCUT2D eigenvalue weighted by molar-refractivity contribution is 8.18. The summed E-state index contributed by atoms with van der Waals surface area (Å²) in [6.45, 7) is 7.19. The lowest BCUT2D eigenvalue weighted by molar-refractivity contribution is -0.385. The molecule has 0 unspecified atom stereocenters. The molecular weight excluding hydrogens is 494 g/mol. The number of benzene rings is 2. The van der Waals surface area contributed by atoms with Gasteiger partial charge in [-0.05, 0) is 73.0 Å². The van der Waals surface area contributed by atoms with Crippen LogP contribution in [0.4, 0.5) is 16.2 Å². The number of amides is 3. The number of thioether (sulfide) groups is 1. The van der Waals surface area contributed by atoms with Crippen molar-refractivity contribution in [3.63, 3.8) is 0 Å². The van der Waals surface area contributed by atoms with Crippen LogP contribution in [-0.2, 0) is 9.59 Å². The number of hydrogen-bond acceptors (Lipinski definition) is 7. The molecule has 1 aliphatic heterocycles. The first-order valence-electron chi connectivity index (χ1n) is 11.5. The molecule has 10 heteroatoms. The fourth-order valence-electron chi connectivity index (χ4n) is 3.82. The number of anilines is 1. The summed E-state index contributed by atoms with van der Waals surface area (Å²) in [5, 5.41) is 13.5. The van der Waals surface area contributed by atoms with Gasteiger partial charge in [-0.2, -0.15) is 0 Å². The predicted octanol–water partition coefficient (Wildman–Crippen LogP) is 6.27. The van der Waals surface area contributed by atoms with Gasteiger partial charge in [0.05, 0.1) is 9.83 Å². The Hall–Kier alpha value is -4.18. The number of furan rings is 1. The van der Waals surface area contributed by atoms with Crippen molar-refractivity contribution in [2.75, 3.05) is 11.9 Å². The van der Waals surface area contributed by atoms with Gasteiger partial charge in [0, 0.05) is 29.0 Å². The molecule has 4 rings (SSSR count). The van der Waals surface area contributed by atoms with Gasteiger partial charge in [-0.3, -0.25) is 29.4 Å². The number of carbonyl (C=O) groups is 3. The number of nitro benzene ring substituents is 1. The van der Waals surface area contributed by atoms with E-state index in [0.717, 1.165) is 16.0 Å². The van der Waals surface area contributed by atoms with E-state index in [9.17, 15) is 24.5 Å². The lowest BCUT2D eigenvalue weighted by Crippen LogP contribution is -2.36. The van der Waals surface area contributed by atoms with Crippen LogP contribution in [0.2, 0.25) is 0 Å². The third kappa shape index (κ3) is 5.64. The number of aryl methyl sites for hydroxylation is 1. The topological polar surface area (TPSA) is 123 Å². The van der Waals surface area contributed by atoms with Crippen LogP contribution in [-0.4, -0.2) is 33.4 Å². The van der Waals surface area contributed by atoms with E-state index in [2.05, 4.69) is 19.2 Å². The monoisotopic (exact) mass is 519 g/mol. The van der Waals surface area contributed by atoms with Crippen LogP contribution in [0.25, 0.3) is 17.4 Å². The maximum absolute atomic E-state index is 12.8. The number of imide groups is 1. The van der Waals surface area contributed by atoms with E-state index < -0.39 is 28.5 Å². The second-order valence-electron chi connectivity index (χ2n) is 8.99. The number of nitrogens with one attached hydrogen (secondary N) is 1. The van der Waals surface area contributed by atoms with E-state index >= 15 is 0 Å². The minimum Gasteiger partial charge on any atom is -0.457 e. The van der Waals surface area contributed by atoms with Gasteiger partial charge >= 0.3 is 0 Å². The van der Waals surface area contributed by atoms with Gasteiger partial charge in [-0.1, -0.05) is 26.0 Å². The molecule has 3 aromatic rings. The van der Waals surface area contributed by atoms with E-state index in [1.54, 1.807) is 44.2 Å². The zero-order valence-corrected chi connectivity index (χ0v) is 21.5. The summed E-state index contributed by atoms with van der Waals surface area (Å²) in [5.41, 5.74) is 3.55. The number of nitro groups is 1. The number of hydrogen-bond donors (Lipinski definition) is 1. The van der Waals surface area contributed by atoms with Gasteiger partial charge in [0.1, 0.15) is 18.1 Å². The highest BCUT2D eigenvalue weighted by Crippen LogP contribution is 2.35. The minimum absolute atomic E-state index is 0.0109. The van der Waals surface area contributed by atoms with Crippen molar-refractivity contribution in [2.24, 2.45) is 0 Å². The predicted molar refractivity (Wildman–Crippen MR) is 142 cm³/mol. The van der Waals surface area contributed by atoms with Crippen molar-refractivity contribution in [1.82, 2.24) is 4.90 Å². The Morgan fingerprint density at radius 3 is 2.49 bits per heavy atom. The third-order valence-electron chi connectivity index (χ3n) is 6.06. The number of carbonyl (C=O) groups excluding carboxylic acids is 3. The first kappa shape index (κ1) is 25.9. The molecule has 2 heterocycles. The van der Waals surface area contributed by atoms with Gasteiger partial charge in [0.15, 0.2) is 0 Å². The van der Waals surface area contributed by atoms with Gasteiger partial charge in [-0.15, -0.1) is 0 Å². The standard InChI is InChI=1S/C27H25N3O6S/c1-15(2)18-5-7-20(8-6-18)28-25(31)14-29-26(32)24(37-27(29)33)13-21-9-10-23(36-21)19-11-16(3)17(4)22(12-19)30(34)35/h5-13,15H,14H2,1-4H3,(H,28,31)/b24-13+. The zero-order chi connectivity index (χ0) is 26.9. The molecule has 0 bridgehead atoms. The van der Waals surface area contributed by atoms with E-state index in [1.165, 1.54) is 12.1 Å². The van der Waals surface area contributed by atoms with Gasteiger partial charge < -0.3 is 9.73 Å². The van der Waals surface area contributed by atoms with Gasteiger partial charge in [-0.25, -0.2) is 0 Å². The van der Waals surface area contributed by atoms with Crippen molar-refractivity contribution in [2.45, 2.75) is 33.6 Å². The highest BCUT2D eigenvalue weighted by atomic mass is 32.2. The molecule has 37 heavy (non-hydrogen) atoms. The quantitative estimate of drug-likeness (QED) is 0.222. The Morgan fingerprint density at radius 1 is 1.14 bits per heavy atom. The average Bonchev–Trinajstić information content (AvgIpc) is 3.41. The van der Waals surface area contributed by atoms with Crippen LogP contribution in [0.15, 0.2) is 57.9 Å². The van der Waals surface area contributed by atoms with Crippen LogP contribution in [0.3, 0.4) is 0 Å². The smallest absolute Gasteiger partial charge is 0.294 e. The summed E-state index contributed by atoms with van der Waals surface area (Å²) in [7, 11) is 0. The first-order chi connectivity index (χ1) is 17.5. The Labute approximate surface area is 217 Å². The van der Waals surface area contributed by atoms with Crippen molar-refractivity contribution >= 4 is 46.3 Å². The van der Waals surface area contributed by atoms with Crippen LogP contribution >= 0.6 is 11.8 Å². The van der Waals surface area contributed by atoms with Crippen LogP contribution < -0.4 is 5.32 Å². The lowest BCUT2D eigenvalue weighted by Gasteiger charge is -2.13. The fraction of sp³-hybridized carbons (Fsp3) is 0.222. The molecule has 190 valence electrons. The summed E-state index contributed by atoms with van der Waals surface area (Å²) in [6.07, 6.45) is 1.42. The number of nitrogens with zero attached hydrogens (tertiary/aromatic N) is 2. The molecule has 0 saturated carbocycles. The molecule has 1 fully saturated rings. The molecule has 1 aliphatic rings. The molecule has 1 N–H and O–H groups in total. The molecule has 1 aromatic heterocycles. The lowest BCUT2D eigenvalue weighted by atomic mass is 10.0. The second-order valence-corrected chi connectivity index (χ2v) is 9.98. The number of rotatable bonds is 7. The van der Waals surface area contributed by atoms with Crippen molar-refractivity contribution in [3.8, 4) is 11.3 Å². The Bertz CT molecular complexity index is 1440. The first-order valence-corrected chi connectivity index (χ1v) is 12.4. The molecule has 3 amide bonds. The minimum atomic E-state index is -0.597. The largest absolute Gasteiger partial charge is 0.457 e. The van der Waals surface area contributed by atoms with Gasteiger partial charge in [0.25, 0.3) is 16.8 Å². The molecule has 0 spiro atoms. The van der Waals surface area contributed by atoms with E-state index in [-0.39, 0.29) is 10.6 Å². The van der Waals surface area contributed by atoms with E-state index in [1.807, 2.05) is 12.1 Å². The molecular formula is C27H25N3O6S. The van der Waals surface area contributed by atoms with Crippen LogP contribution in [0, 0.1) is 24.0 Å². The summed E-state index contributed by atoms with van der Waals surface area (Å²) in [4.78, 5) is 49.7. The maximum Gasteiger partial charge on any atom is 0.294 e. The van der Waals surface area contributed by atoms with E-state index in [0.29, 0.717) is 46.0 Å².